The summed E-state index contributed by atoms with van der Waals surface area (Å²) in [4.78, 5) is 27.9. The van der Waals surface area contributed by atoms with Crippen molar-refractivity contribution in [1.82, 2.24) is 9.47 Å². The highest BCUT2D eigenvalue weighted by Gasteiger charge is 2.24. The van der Waals surface area contributed by atoms with Crippen LogP contribution in [-0.4, -0.2) is 34.4 Å². The quantitative estimate of drug-likeness (QED) is 0.386. The zero-order chi connectivity index (χ0) is 23.7. The molecule has 0 atom stereocenters. The van der Waals surface area contributed by atoms with Crippen molar-refractivity contribution in [3.8, 4) is 0 Å². The van der Waals surface area contributed by atoms with Crippen LogP contribution < -0.4 is 5.32 Å². The number of carbonyl (C=O) groups is 2. The maximum atomic E-state index is 13.8. The van der Waals surface area contributed by atoms with Crippen molar-refractivity contribution in [2.75, 3.05) is 18.4 Å². The Morgan fingerprint density at radius 2 is 1.74 bits per heavy atom. The molecule has 1 aliphatic heterocycles. The molecule has 0 saturated carbocycles. The predicted molar refractivity (Wildman–Crippen MR) is 132 cm³/mol. The molecule has 34 heavy (non-hydrogen) atoms. The minimum Gasteiger partial charge on any atom is -0.337 e. The Labute approximate surface area is 201 Å². The summed E-state index contributed by atoms with van der Waals surface area (Å²) in [6.45, 7) is 1.83. The summed E-state index contributed by atoms with van der Waals surface area (Å²) >= 11 is 6.16. The van der Waals surface area contributed by atoms with Crippen LogP contribution in [-0.2, 0) is 6.54 Å². The van der Waals surface area contributed by atoms with Crippen LogP contribution >= 0.6 is 11.6 Å². The van der Waals surface area contributed by atoms with Gasteiger partial charge in [-0.3, -0.25) is 9.59 Å². The molecule has 2 heterocycles. The molecular formula is C27H23ClFN3O2. The predicted octanol–water partition coefficient (Wildman–Crippen LogP) is 5.97. The van der Waals surface area contributed by atoms with Gasteiger partial charge in [-0.25, -0.2) is 4.39 Å². The lowest BCUT2D eigenvalue weighted by molar-refractivity contribution is 0.0783. The van der Waals surface area contributed by atoms with E-state index in [0.717, 1.165) is 42.4 Å². The van der Waals surface area contributed by atoms with Gasteiger partial charge in [-0.15, -0.1) is 0 Å². The van der Waals surface area contributed by atoms with Gasteiger partial charge < -0.3 is 14.8 Å². The maximum Gasteiger partial charge on any atom is 0.270 e. The number of carbonyl (C=O) groups excluding carboxylic acids is 2. The molecular weight excluding hydrogens is 453 g/mol. The van der Waals surface area contributed by atoms with Crippen molar-refractivity contribution >= 4 is 40.0 Å². The van der Waals surface area contributed by atoms with Crippen molar-refractivity contribution < 1.29 is 14.0 Å². The van der Waals surface area contributed by atoms with Crippen LogP contribution in [0.5, 0.6) is 0 Å². The number of nitrogens with one attached hydrogen (secondary N) is 1. The molecule has 7 heteroatoms. The molecule has 1 fully saturated rings. The average Bonchev–Trinajstić information content (AvgIpc) is 3.48. The van der Waals surface area contributed by atoms with Gasteiger partial charge in [-0.2, -0.15) is 0 Å². The summed E-state index contributed by atoms with van der Waals surface area (Å²) in [5.41, 5.74) is 3.14. The Bertz CT molecular complexity index is 1390. The third kappa shape index (κ3) is 4.41. The van der Waals surface area contributed by atoms with Gasteiger partial charge >= 0.3 is 0 Å². The first-order chi connectivity index (χ1) is 16.5. The number of benzene rings is 3. The normalized spacial score (nSPS) is 13.4. The smallest absolute Gasteiger partial charge is 0.270 e. The fraction of sp³-hybridized carbons (Fsp3) is 0.185. The molecule has 1 aromatic heterocycles. The number of hydrogen-bond acceptors (Lipinski definition) is 2. The third-order valence-electron chi connectivity index (χ3n) is 6.12. The third-order valence-corrected chi connectivity index (χ3v) is 6.45. The molecule has 172 valence electrons. The number of nitrogens with zero attached hydrogens (tertiary/aromatic N) is 2. The minimum absolute atomic E-state index is 0.0354. The summed E-state index contributed by atoms with van der Waals surface area (Å²) in [6.07, 6.45) is 1.99. The van der Waals surface area contributed by atoms with E-state index >= 15 is 0 Å². The summed E-state index contributed by atoms with van der Waals surface area (Å²) in [5, 5.41) is 4.08. The SMILES string of the molecule is O=C(Nc1ccc2c(c1)cc(C(=O)N1CCCC1)n2Cc1cccc(F)c1)c1ccccc1Cl. The lowest BCUT2D eigenvalue weighted by atomic mass is 10.2. The molecule has 1 saturated heterocycles. The van der Waals surface area contributed by atoms with Crippen LogP contribution in [0.15, 0.2) is 72.8 Å². The molecule has 0 bridgehead atoms. The highest BCUT2D eigenvalue weighted by Crippen LogP contribution is 2.27. The van der Waals surface area contributed by atoms with E-state index < -0.39 is 0 Å². The summed E-state index contributed by atoms with van der Waals surface area (Å²) in [7, 11) is 0. The fourth-order valence-corrected chi connectivity index (χ4v) is 4.66. The number of anilines is 1. The molecule has 2 amide bonds. The molecule has 1 N–H and O–H groups in total. The average molecular weight is 476 g/mol. The van der Waals surface area contributed by atoms with Crippen LogP contribution in [0.4, 0.5) is 10.1 Å². The number of fused-ring (bicyclic) bond motifs is 1. The fourth-order valence-electron chi connectivity index (χ4n) is 4.44. The van der Waals surface area contributed by atoms with E-state index in [2.05, 4.69) is 5.32 Å². The van der Waals surface area contributed by atoms with Crippen LogP contribution in [0.2, 0.25) is 5.02 Å². The van der Waals surface area contributed by atoms with Crippen molar-refractivity contribution in [3.05, 3.63) is 100 Å². The van der Waals surface area contributed by atoms with Crippen molar-refractivity contribution in [2.24, 2.45) is 0 Å². The molecule has 0 spiro atoms. The second-order valence-corrected chi connectivity index (χ2v) is 8.86. The zero-order valence-electron chi connectivity index (χ0n) is 18.4. The molecule has 0 aliphatic carbocycles. The highest BCUT2D eigenvalue weighted by atomic mass is 35.5. The topological polar surface area (TPSA) is 54.3 Å². The van der Waals surface area contributed by atoms with Crippen LogP contribution in [0.25, 0.3) is 10.9 Å². The van der Waals surface area contributed by atoms with Gasteiger partial charge in [0.25, 0.3) is 11.8 Å². The Kier molecular flexibility index (Phi) is 6.07. The Hall–Kier alpha value is -3.64. The monoisotopic (exact) mass is 475 g/mol. The lowest BCUT2D eigenvalue weighted by Gasteiger charge is -2.17. The number of amides is 2. The van der Waals surface area contributed by atoms with Gasteiger partial charge in [0, 0.05) is 36.2 Å². The van der Waals surface area contributed by atoms with Gasteiger partial charge in [-0.05, 0) is 66.9 Å². The van der Waals surface area contributed by atoms with Crippen LogP contribution in [0.1, 0.15) is 39.3 Å². The minimum atomic E-state index is -0.314. The number of rotatable bonds is 5. The molecule has 4 aromatic rings. The summed E-state index contributed by atoms with van der Waals surface area (Å²) < 4.78 is 15.7. The lowest BCUT2D eigenvalue weighted by Crippen LogP contribution is -2.29. The van der Waals surface area contributed by atoms with E-state index in [-0.39, 0.29) is 17.6 Å². The zero-order valence-corrected chi connectivity index (χ0v) is 19.2. The molecule has 5 rings (SSSR count). The number of halogens is 2. The van der Waals surface area contributed by atoms with Crippen molar-refractivity contribution in [3.63, 3.8) is 0 Å². The van der Waals surface area contributed by atoms with Crippen molar-refractivity contribution in [1.29, 1.82) is 0 Å². The molecule has 1 aliphatic rings. The van der Waals surface area contributed by atoms with Crippen molar-refractivity contribution in [2.45, 2.75) is 19.4 Å². The van der Waals surface area contributed by atoms with Crippen LogP contribution in [0.3, 0.4) is 0 Å². The van der Waals surface area contributed by atoms with E-state index in [0.29, 0.717) is 28.5 Å². The molecule has 0 unspecified atom stereocenters. The second kappa shape index (κ2) is 9.31. The number of aromatic nitrogens is 1. The van der Waals surface area contributed by atoms with Crippen LogP contribution in [0, 0.1) is 5.82 Å². The first-order valence-corrected chi connectivity index (χ1v) is 11.6. The summed E-state index contributed by atoms with van der Waals surface area (Å²) in [5.74, 6) is -0.657. The highest BCUT2D eigenvalue weighted by molar-refractivity contribution is 6.34. The standard InChI is InChI=1S/C27H23ClFN3O2/c28-23-9-2-1-8-22(23)26(33)30-21-10-11-24-19(15-21)16-25(27(34)31-12-3-4-13-31)32(24)17-18-6-5-7-20(29)14-18/h1-2,5-11,14-16H,3-4,12-13,17H2,(H,30,33). The number of likely N-dealkylation sites (tertiary alicyclic amines) is 1. The summed E-state index contributed by atoms with van der Waals surface area (Å²) in [6, 6.07) is 20.6. The first kappa shape index (κ1) is 22.2. The van der Waals surface area contributed by atoms with Gasteiger partial charge in [0.05, 0.1) is 10.6 Å². The van der Waals surface area contributed by atoms with E-state index in [1.54, 1.807) is 36.4 Å². The first-order valence-electron chi connectivity index (χ1n) is 11.2. The Morgan fingerprint density at radius 1 is 0.941 bits per heavy atom. The van der Waals surface area contributed by atoms with E-state index in [1.807, 2.05) is 33.7 Å². The number of hydrogen-bond donors (Lipinski definition) is 1. The Morgan fingerprint density at radius 3 is 2.50 bits per heavy atom. The largest absolute Gasteiger partial charge is 0.337 e. The van der Waals surface area contributed by atoms with E-state index in [4.69, 9.17) is 11.6 Å². The Balaban J connectivity index is 1.52. The van der Waals surface area contributed by atoms with E-state index in [9.17, 15) is 14.0 Å². The maximum absolute atomic E-state index is 13.8. The van der Waals surface area contributed by atoms with Gasteiger partial charge in [0.2, 0.25) is 0 Å². The second-order valence-electron chi connectivity index (χ2n) is 8.45. The van der Waals surface area contributed by atoms with E-state index in [1.165, 1.54) is 12.1 Å². The molecule has 0 radical (unpaired) electrons. The van der Waals surface area contributed by atoms with Gasteiger partial charge in [0.1, 0.15) is 11.5 Å². The molecule has 5 nitrogen and oxygen atoms in total. The van der Waals surface area contributed by atoms with Gasteiger partial charge in [-0.1, -0.05) is 35.9 Å². The van der Waals surface area contributed by atoms with Gasteiger partial charge in [0.15, 0.2) is 0 Å². The molecule has 3 aromatic carbocycles.